The summed E-state index contributed by atoms with van der Waals surface area (Å²) >= 11 is 1.54. The van der Waals surface area contributed by atoms with Crippen LogP contribution in [0.1, 0.15) is 11.1 Å². The second-order valence-electron chi connectivity index (χ2n) is 2.79. The summed E-state index contributed by atoms with van der Waals surface area (Å²) in [5.41, 5.74) is 2.93. The van der Waals surface area contributed by atoms with Crippen molar-refractivity contribution in [2.75, 3.05) is 6.26 Å². The molecule has 0 aliphatic rings. The smallest absolute Gasteiger partial charge is 0.151 e. The van der Waals surface area contributed by atoms with Gasteiger partial charge in [0.1, 0.15) is 0 Å². The van der Waals surface area contributed by atoms with Crippen LogP contribution in [-0.4, -0.2) is 12.5 Å². The fraction of sp³-hybridized carbons (Fsp3) is 0.182. The molecule has 1 aromatic carbocycles. The van der Waals surface area contributed by atoms with Gasteiger partial charge in [0.25, 0.3) is 0 Å². The second kappa shape index (κ2) is 4.87. The first-order chi connectivity index (χ1) is 6.27. The van der Waals surface area contributed by atoms with Gasteiger partial charge in [-0.25, -0.2) is 0 Å². The van der Waals surface area contributed by atoms with Gasteiger partial charge in [-0.15, -0.1) is 11.8 Å². The van der Waals surface area contributed by atoms with Crippen LogP contribution in [0, 0.1) is 6.92 Å². The van der Waals surface area contributed by atoms with E-state index in [0.29, 0.717) is 0 Å². The van der Waals surface area contributed by atoms with Crippen molar-refractivity contribution in [1.82, 2.24) is 0 Å². The molecular formula is C11H12OS. The minimum atomic E-state index is 0.743. The first kappa shape index (κ1) is 10.1. The summed E-state index contributed by atoms with van der Waals surface area (Å²) in [4.78, 5) is 10.7. The van der Waals surface area contributed by atoms with Crippen LogP contribution >= 0.6 is 11.8 Å². The molecule has 0 heterocycles. The monoisotopic (exact) mass is 192 g/mol. The quantitative estimate of drug-likeness (QED) is 0.541. The maximum absolute atomic E-state index is 10.7. The zero-order valence-electron chi connectivity index (χ0n) is 7.78. The molecule has 0 N–H and O–H groups in total. The molecular weight excluding hydrogens is 180 g/mol. The van der Waals surface area contributed by atoms with Crippen molar-refractivity contribution >= 4 is 23.6 Å². The Morgan fingerprint density at radius 3 is 2.38 bits per heavy atom. The number of carbonyl (C=O) groups excluding carboxylic acids is 1. The maximum Gasteiger partial charge on any atom is 0.151 e. The Bertz CT molecular complexity index is 311. The summed E-state index contributed by atoms with van der Waals surface area (Å²) in [5, 5.41) is 1.86. The number of rotatable bonds is 3. The molecule has 0 spiro atoms. The normalized spacial score (nSPS) is 11.4. The molecule has 0 saturated carbocycles. The van der Waals surface area contributed by atoms with E-state index in [-0.39, 0.29) is 0 Å². The lowest BCUT2D eigenvalue weighted by molar-refractivity contribution is -0.103. The zero-order chi connectivity index (χ0) is 9.68. The minimum absolute atomic E-state index is 0.743. The van der Waals surface area contributed by atoms with Crippen LogP contribution < -0.4 is 0 Å². The molecule has 0 saturated heterocycles. The molecule has 68 valence electrons. The predicted molar refractivity (Wildman–Crippen MR) is 58.7 cm³/mol. The van der Waals surface area contributed by atoms with Gasteiger partial charge in [0.05, 0.1) is 0 Å². The van der Waals surface area contributed by atoms with E-state index in [9.17, 15) is 4.79 Å². The number of benzene rings is 1. The van der Waals surface area contributed by atoms with E-state index in [1.54, 1.807) is 11.8 Å². The minimum Gasteiger partial charge on any atom is -0.298 e. The first-order valence-corrected chi connectivity index (χ1v) is 5.32. The van der Waals surface area contributed by atoms with E-state index in [1.807, 2.05) is 42.9 Å². The molecule has 0 bridgehead atoms. The molecule has 0 amide bonds. The first-order valence-electron chi connectivity index (χ1n) is 4.03. The summed E-state index contributed by atoms with van der Waals surface area (Å²) in [6, 6.07) is 7.94. The second-order valence-corrected chi connectivity index (χ2v) is 3.50. The maximum atomic E-state index is 10.7. The molecule has 1 aromatic rings. The number of aryl methyl sites for hydroxylation is 1. The lowest BCUT2D eigenvalue weighted by Gasteiger charge is -1.99. The van der Waals surface area contributed by atoms with Gasteiger partial charge in [-0.05, 0) is 24.2 Å². The Hall–Kier alpha value is -1.02. The van der Waals surface area contributed by atoms with E-state index in [0.717, 1.165) is 17.4 Å². The molecule has 1 rings (SSSR count). The number of allylic oxidation sites excluding steroid dienone is 1. The third kappa shape index (κ3) is 2.74. The largest absolute Gasteiger partial charge is 0.298 e. The van der Waals surface area contributed by atoms with E-state index >= 15 is 0 Å². The Labute approximate surface area is 82.9 Å². The molecule has 0 aliphatic heterocycles. The Morgan fingerprint density at radius 1 is 1.31 bits per heavy atom. The fourth-order valence-electron chi connectivity index (χ4n) is 1.04. The van der Waals surface area contributed by atoms with E-state index < -0.39 is 0 Å². The molecule has 1 nitrogen and oxygen atoms in total. The molecule has 0 fully saturated rings. The third-order valence-corrected chi connectivity index (χ3v) is 2.25. The molecule has 13 heavy (non-hydrogen) atoms. The van der Waals surface area contributed by atoms with Gasteiger partial charge in [0, 0.05) is 5.57 Å². The summed E-state index contributed by atoms with van der Waals surface area (Å²) < 4.78 is 0. The van der Waals surface area contributed by atoms with Gasteiger partial charge in [-0.2, -0.15) is 0 Å². The van der Waals surface area contributed by atoms with Crippen LogP contribution in [0.15, 0.2) is 29.7 Å². The molecule has 0 aromatic heterocycles. The molecule has 2 heteroatoms. The molecule has 0 atom stereocenters. The highest BCUT2D eigenvalue weighted by atomic mass is 32.2. The Balaban J connectivity index is 2.99. The van der Waals surface area contributed by atoms with E-state index in [4.69, 9.17) is 0 Å². The zero-order valence-corrected chi connectivity index (χ0v) is 8.60. The number of carbonyl (C=O) groups is 1. The standard InChI is InChI=1S/C11H12OS/c1-9-3-5-10(6-4-9)11(7-12)8-13-2/h3-8H,1-2H3/b11-8+. The van der Waals surface area contributed by atoms with Crippen LogP contribution in [0.2, 0.25) is 0 Å². The lowest BCUT2D eigenvalue weighted by Crippen LogP contribution is -1.84. The number of thioether (sulfide) groups is 1. The van der Waals surface area contributed by atoms with Gasteiger partial charge in [-0.3, -0.25) is 4.79 Å². The van der Waals surface area contributed by atoms with Gasteiger partial charge in [-0.1, -0.05) is 29.8 Å². The highest BCUT2D eigenvalue weighted by Crippen LogP contribution is 2.15. The van der Waals surface area contributed by atoms with E-state index in [1.165, 1.54) is 5.56 Å². The SMILES string of the molecule is CS/C=C(\C=O)c1ccc(C)cc1. The highest BCUT2D eigenvalue weighted by Gasteiger charge is 1.97. The average molecular weight is 192 g/mol. The topological polar surface area (TPSA) is 17.1 Å². The third-order valence-electron chi connectivity index (χ3n) is 1.76. The van der Waals surface area contributed by atoms with Crippen molar-refractivity contribution < 1.29 is 4.79 Å². The van der Waals surface area contributed by atoms with Gasteiger partial charge < -0.3 is 0 Å². The van der Waals surface area contributed by atoms with Crippen molar-refractivity contribution in [2.45, 2.75) is 6.92 Å². The Morgan fingerprint density at radius 2 is 1.92 bits per heavy atom. The predicted octanol–water partition coefficient (Wildman–Crippen LogP) is 2.90. The van der Waals surface area contributed by atoms with Crippen LogP contribution in [0.25, 0.3) is 5.57 Å². The molecule has 0 radical (unpaired) electrons. The van der Waals surface area contributed by atoms with Crippen LogP contribution in [0.4, 0.5) is 0 Å². The molecule has 0 unspecified atom stereocenters. The summed E-state index contributed by atoms with van der Waals surface area (Å²) in [6.07, 6.45) is 2.83. The fourth-order valence-corrected chi connectivity index (χ4v) is 1.48. The van der Waals surface area contributed by atoms with Crippen molar-refractivity contribution in [3.63, 3.8) is 0 Å². The lowest BCUT2D eigenvalue weighted by atomic mass is 10.1. The number of hydrogen-bond donors (Lipinski definition) is 0. The number of hydrogen-bond acceptors (Lipinski definition) is 2. The van der Waals surface area contributed by atoms with Crippen molar-refractivity contribution in [3.8, 4) is 0 Å². The molecule has 0 aliphatic carbocycles. The average Bonchev–Trinajstić information content (AvgIpc) is 2.16. The Kier molecular flexibility index (Phi) is 3.77. The highest BCUT2D eigenvalue weighted by molar-refractivity contribution is 8.01. The summed E-state index contributed by atoms with van der Waals surface area (Å²) in [7, 11) is 0. The van der Waals surface area contributed by atoms with Gasteiger partial charge in [0.15, 0.2) is 6.29 Å². The van der Waals surface area contributed by atoms with E-state index in [2.05, 4.69) is 0 Å². The summed E-state index contributed by atoms with van der Waals surface area (Å²) in [6.45, 7) is 2.03. The van der Waals surface area contributed by atoms with Crippen LogP contribution in [-0.2, 0) is 4.79 Å². The van der Waals surface area contributed by atoms with Gasteiger partial charge >= 0.3 is 0 Å². The van der Waals surface area contributed by atoms with Crippen molar-refractivity contribution in [3.05, 3.63) is 40.8 Å². The summed E-state index contributed by atoms with van der Waals surface area (Å²) in [5.74, 6) is 0. The van der Waals surface area contributed by atoms with Crippen LogP contribution in [0.3, 0.4) is 0 Å². The number of aldehydes is 1. The van der Waals surface area contributed by atoms with Crippen LogP contribution in [0.5, 0.6) is 0 Å². The van der Waals surface area contributed by atoms with Crippen molar-refractivity contribution in [1.29, 1.82) is 0 Å². The van der Waals surface area contributed by atoms with Gasteiger partial charge in [0.2, 0.25) is 0 Å². The van der Waals surface area contributed by atoms with Crippen molar-refractivity contribution in [2.24, 2.45) is 0 Å².